The summed E-state index contributed by atoms with van der Waals surface area (Å²) in [6, 6.07) is 0. The molecule has 0 aliphatic rings. The van der Waals surface area contributed by atoms with Crippen molar-refractivity contribution in [2.24, 2.45) is 0 Å². The van der Waals surface area contributed by atoms with Crippen molar-refractivity contribution in [3.05, 3.63) is 24.0 Å². The Morgan fingerprint density at radius 2 is 2.29 bits per heavy atom. The maximum atomic E-state index is 12.3. The number of hydrogen-bond donors (Lipinski definition) is 1. The predicted molar refractivity (Wildman–Crippen MR) is 44.2 cm³/mol. The molecule has 0 bridgehead atoms. The molecule has 1 N–H and O–H groups in total. The minimum absolute atomic E-state index is 0.0337. The number of hydrogen-bond acceptors (Lipinski definition) is 2. The second-order valence-electron chi connectivity index (χ2n) is 2.51. The molecule has 6 heteroatoms. The first-order chi connectivity index (χ1) is 6.46. The van der Waals surface area contributed by atoms with Crippen LogP contribution in [-0.4, -0.2) is 16.8 Å². The van der Waals surface area contributed by atoms with Gasteiger partial charge in [-0.2, -0.15) is 18.3 Å². The van der Waals surface area contributed by atoms with E-state index in [1.807, 2.05) is 5.10 Å². The molecule has 1 heterocycles. The first-order valence-electron chi connectivity index (χ1n) is 3.89. The van der Waals surface area contributed by atoms with Crippen LogP contribution >= 0.6 is 0 Å². The lowest BCUT2D eigenvalue weighted by Crippen LogP contribution is -2.09. The van der Waals surface area contributed by atoms with E-state index in [0.29, 0.717) is 0 Å². The molecule has 1 aromatic rings. The quantitative estimate of drug-likeness (QED) is 0.771. The molecule has 1 aromatic heterocycles. The van der Waals surface area contributed by atoms with Crippen LogP contribution in [0.3, 0.4) is 0 Å². The smallest absolute Gasteiger partial charge is 0.433 e. The number of ether oxygens (including phenoxy) is 1. The number of nitrogens with zero attached hydrogens (tertiary/aromatic N) is 1. The van der Waals surface area contributed by atoms with Crippen LogP contribution in [0.2, 0.25) is 0 Å². The molecular weight excluding hydrogens is 197 g/mol. The van der Waals surface area contributed by atoms with E-state index in [4.69, 9.17) is 4.74 Å². The van der Waals surface area contributed by atoms with Crippen molar-refractivity contribution in [1.29, 1.82) is 0 Å². The number of aromatic nitrogens is 2. The maximum Gasteiger partial charge on any atom is 0.433 e. The van der Waals surface area contributed by atoms with Gasteiger partial charge in [0.25, 0.3) is 0 Å². The van der Waals surface area contributed by atoms with Gasteiger partial charge in [-0.3, -0.25) is 5.10 Å². The molecule has 0 aliphatic carbocycles. The van der Waals surface area contributed by atoms with Crippen LogP contribution in [0.15, 0.2) is 12.8 Å². The number of H-pyrrole nitrogens is 1. The highest BCUT2D eigenvalue weighted by molar-refractivity contribution is 5.59. The Hall–Kier alpha value is -1.46. The lowest BCUT2D eigenvalue weighted by Gasteiger charge is -2.09. The summed E-state index contributed by atoms with van der Waals surface area (Å²) in [6.45, 7) is 5.31. The van der Waals surface area contributed by atoms with Crippen LogP contribution in [0.5, 0.6) is 0 Å². The molecule has 0 fully saturated rings. The largest absolute Gasteiger partial charge is 0.494 e. The molecule has 0 aliphatic heterocycles. The zero-order valence-corrected chi connectivity index (χ0v) is 7.48. The van der Waals surface area contributed by atoms with Crippen molar-refractivity contribution in [2.45, 2.75) is 13.1 Å². The molecule has 14 heavy (non-hydrogen) atoms. The first-order valence-corrected chi connectivity index (χ1v) is 3.89. The molecule has 0 radical (unpaired) electrons. The standard InChI is InChI=1S/C8H9F3N2O/c1-3-14-5(2)6-4-12-13-7(6)8(9,10)11/h4H,2-3H2,1H3,(H,12,13). The summed E-state index contributed by atoms with van der Waals surface area (Å²) in [5.74, 6) is -0.0337. The SMILES string of the molecule is C=C(OCC)c1cn[nH]c1C(F)(F)F. The Kier molecular flexibility index (Phi) is 2.83. The fourth-order valence-electron chi connectivity index (χ4n) is 0.966. The van der Waals surface area contributed by atoms with Crippen molar-refractivity contribution in [3.63, 3.8) is 0 Å². The third-order valence-corrected chi connectivity index (χ3v) is 1.54. The molecule has 0 spiro atoms. The third kappa shape index (κ3) is 2.07. The van der Waals surface area contributed by atoms with Gasteiger partial charge in [-0.25, -0.2) is 0 Å². The zero-order chi connectivity index (χ0) is 10.8. The van der Waals surface area contributed by atoms with Gasteiger partial charge in [0, 0.05) is 0 Å². The van der Waals surface area contributed by atoms with Crippen LogP contribution in [-0.2, 0) is 10.9 Å². The van der Waals surface area contributed by atoms with Crippen molar-refractivity contribution in [3.8, 4) is 0 Å². The van der Waals surface area contributed by atoms with E-state index in [2.05, 4.69) is 11.7 Å². The highest BCUT2D eigenvalue weighted by Crippen LogP contribution is 2.32. The molecule has 0 unspecified atom stereocenters. The van der Waals surface area contributed by atoms with Gasteiger partial charge in [-0.05, 0) is 6.92 Å². The number of aromatic amines is 1. The molecule has 3 nitrogen and oxygen atoms in total. The Bertz CT molecular complexity index is 330. The van der Waals surface area contributed by atoms with Crippen molar-refractivity contribution >= 4 is 5.76 Å². The molecular formula is C8H9F3N2O. The van der Waals surface area contributed by atoms with E-state index in [9.17, 15) is 13.2 Å². The van der Waals surface area contributed by atoms with E-state index in [1.165, 1.54) is 0 Å². The zero-order valence-electron chi connectivity index (χ0n) is 7.48. The Balaban J connectivity index is 2.99. The summed E-state index contributed by atoms with van der Waals surface area (Å²) in [6.07, 6.45) is -3.42. The second-order valence-corrected chi connectivity index (χ2v) is 2.51. The Morgan fingerprint density at radius 3 is 2.79 bits per heavy atom. The van der Waals surface area contributed by atoms with Crippen LogP contribution in [0, 0.1) is 0 Å². The van der Waals surface area contributed by atoms with E-state index in [0.717, 1.165) is 6.20 Å². The van der Waals surface area contributed by atoms with Crippen LogP contribution < -0.4 is 0 Å². The highest BCUT2D eigenvalue weighted by atomic mass is 19.4. The fourth-order valence-corrected chi connectivity index (χ4v) is 0.966. The lowest BCUT2D eigenvalue weighted by atomic mass is 10.2. The third-order valence-electron chi connectivity index (χ3n) is 1.54. The van der Waals surface area contributed by atoms with Gasteiger partial charge >= 0.3 is 6.18 Å². The van der Waals surface area contributed by atoms with Crippen molar-refractivity contribution in [2.75, 3.05) is 6.61 Å². The molecule has 78 valence electrons. The summed E-state index contributed by atoms with van der Waals surface area (Å²) in [4.78, 5) is 0. The topological polar surface area (TPSA) is 37.9 Å². The molecule has 0 amide bonds. The lowest BCUT2D eigenvalue weighted by molar-refractivity contribution is -0.141. The Morgan fingerprint density at radius 1 is 1.64 bits per heavy atom. The summed E-state index contributed by atoms with van der Waals surface area (Å²) in [7, 11) is 0. The summed E-state index contributed by atoms with van der Waals surface area (Å²) >= 11 is 0. The van der Waals surface area contributed by atoms with E-state index < -0.39 is 11.9 Å². The number of rotatable bonds is 3. The van der Waals surface area contributed by atoms with Crippen LogP contribution in [0.4, 0.5) is 13.2 Å². The normalized spacial score (nSPS) is 11.4. The average Bonchev–Trinajstić information content (AvgIpc) is 2.50. The van der Waals surface area contributed by atoms with Gasteiger partial charge in [0.2, 0.25) is 0 Å². The monoisotopic (exact) mass is 206 g/mol. The molecule has 0 saturated carbocycles. The van der Waals surface area contributed by atoms with Gasteiger partial charge in [0.05, 0.1) is 18.4 Å². The van der Waals surface area contributed by atoms with Crippen molar-refractivity contribution < 1.29 is 17.9 Å². The molecule has 1 rings (SSSR count). The predicted octanol–water partition coefficient (Wildman–Crippen LogP) is 2.44. The van der Waals surface area contributed by atoms with Gasteiger partial charge < -0.3 is 4.74 Å². The van der Waals surface area contributed by atoms with Gasteiger partial charge in [-0.15, -0.1) is 0 Å². The maximum absolute atomic E-state index is 12.3. The van der Waals surface area contributed by atoms with Gasteiger partial charge in [0.1, 0.15) is 5.76 Å². The number of alkyl halides is 3. The molecule has 0 atom stereocenters. The minimum Gasteiger partial charge on any atom is -0.494 e. The highest BCUT2D eigenvalue weighted by Gasteiger charge is 2.36. The second kappa shape index (κ2) is 3.73. The van der Waals surface area contributed by atoms with Crippen LogP contribution in [0.1, 0.15) is 18.2 Å². The first kappa shape index (κ1) is 10.6. The average molecular weight is 206 g/mol. The number of halogens is 3. The Labute approximate surface area is 78.6 Å². The summed E-state index contributed by atoms with van der Waals surface area (Å²) in [5, 5.41) is 5.18. The minimum atomic E-state index is -4.47. The van der Waals surface area contributed by atoms with E-state index in [-0.39, 0.29) is 17.9 Å². The molecule has 0 aromatic carbocycles. The van der Waals surface area contributed by atoms with E-state index >= 15 is 0 Å². The fraction of sp³-hybridized carbons (Fsp3) is 0.375. The van der Waals surface area contributed by atoms with Crippen LogP contribution in [0.25, 0.3) is 5.76 Å². The summed E-state index contributed by atoms with van der Waals surface area (Å²) in [5.41, 5.74) is -1.09. The van der Waals surface area contributed by atoms with E-state index in [1.54, 1.807) is 6.92 Å². The molecule has 0 saturated heterocycles. The van der Waals surface area contributed by atoms with Gasteiger partial charge in [0.15, 0.2) is 5.69 Å². The summed E-state index contributed by atoms with van der Waals surface area (Å²) < 4.78 is 41.8. The number of nitrogens with one attached hydrogen (secondary N) is 1. The van der Waals surface area contributed by atoms with Crippen molar-refractivity contribution in [1.82, 2.24) is 10.2 Å². The van der Waals surface area contributed by atoms with Gasteiger partial charge in [-0.1, -0.05) is 6.58 Å².